The summed E-state index contributed by atoms with van der Waals surface area (Å²) in [6.45, 7) is 4.86. The van der Waals surface area contributed by atoms with E-state index in [0.717, 1.165) is 51.0 Å². The Kier molecular flexibility index (Phi) is 10.6. The molecule has 3 nitrogen and oxygen atoms in total. The molecule has 0 radical (unpaired) electrons. The van der Waals surface area contributed by atoms with Gasteiger partial charge >= 0.3 is 5.97 Å². The average Bonchev–Trinajstić information content (AvgIpc) is 2.87. The zero-order valence-corrected chi connectivity index (χ0v) is 21.2. The Morgan fingerprint density at radius 3 is 2.11 bits per heavy atom. The molecule has 3 aromatic rings. The first-order valence-corrected chi connectivity index (χ1v) is 13.0. The van der Waals surface area contributed by atoms with Gasteiger partial charge in [0.05, 0.1) is 6.61 Å². The highest BCUT2D eigenvalue weighted by Crippen LogP contribution is 2.36. The normalized spacial score (nSPS) is 11.1. The summed E-state index contributed by atoms with van der Waals surface area (Å²) < 4.78 is 55.8. The van der Waals surface area contributed by atoms with E-state index < -0.39 is 29.2 Å². The average molecular weight is 501 g/mol. The third-order valence-electron chi connectivity index (χ3n) is 6.24. The van der Waals surface area contributed by atoms with Crippen molar-refractivity contribution in [3.63, 3.8) is 0 Å². The summed E-state index contributed by atoms with van der Waals surface area (Å²) in [6, 6.07) is 10.6. The van der Waals surface area contributed by atoms with Crippen LogP contribution in [0.2, 0.25) is 0 Å². The molecule has 0 aliphatic rings. The van der Waals surface area contributed by atoms with E-state index in [1.54, 1.807) is 24.3 Å². The van der Waals surface area contributed by atoms with Crippen molar-refractivity contribution in [2.75, 3.05) is 6.61 Å². The van der Waals surface area contributed by atoms with Crippen molar-refractivity contribution >= 4 is 16.7 Å². The number of fused-ring (bicyclic) bond motifs is 1. The minimum absolute atomic E-state index is 0.0758. The lowest BCUT2D eigenvalue weighted by atomic mass is 9.99. The topological polar surface area (TPSA) is 35.5 Å². The standard InChI is InChI=1S/C30H35F3O3/c1-3-5-7-9-10-12-27(34)36-30-26(31)20-25-24(29(30)33)18-17-23(28(25)32)21-13-15-22(16-14-21)35-19-11-8-6-4-2/h13-18,20H,3-12,19H2,1-2H3. The van der Waals surface area contributed by atoms with Gasteiger partial charge in [-0.25, -0.2) is 13.2 Å². The first-order valence-electron chi connectivity index (χ1n) is 13.0. The Morgan fingerprint density at radius 2 is 1.42 bits per heavy atom. The maximum atomic E-state index is 15.3. The summed E-state index contributed by atoms with van der Waals surface area (Å²) in [7, 11) is 0. The van der Waals surface area contributed by atoms with Gasteiger partial charge in [-0.3, -0.25) is 4.79 Å². The Morgan fingerprint density at radius 1 is 0.750 bits per heavy atom. The second-order valence-electron chi connectivity index (χ2n) is 9.10. The SMILES string of the molecule is CCCCCCCC(=O)Oc1c(F)cc2c(F)c(-c3ccc(OCCCCCC)cc3)ccc2c1F. The zero-order chi connectivity index (χ0) is 25.9. The van der Waals surface area contributed by atoms with Crippen molar-refractivity contribution < 1.29 is 27.4 Å². The van der Waals surface area contributed by atoms with Crippen LogP contribution in [-0.2, 0) is 4.79 Å². The molecular weight excluding hydrogens is 465 g/mol. The van der Waals surface area contributed by atoms with Crippen LogP contribution in [0.3, 0.4) is 0 Å². The third kappa shape index (κ3) is 7.25. The maximum Gasteiger partial charge on any atom is 0.311 e. The molecule has 0 saturated heterocycles. The van der Waals surface area contributed by atoms with E-state index in [0.29, 0.717) is 24.3 Å². The van der Waals surface area contributed by atoms with Gasteiger partial charge in [-0.1, -0.05) is 83.1 Å². The van der Waals surface area contributed by atoms with Crippen molar-refractivity contribution in [3.05, 3.63) is 59.9 Å². The van der Waals surface area contributed by atoms with Gasteiger partial charge in [0, 0.05) is 22.8 Å². The van der Waals surface area contributed by atoms with Gasteiger partial charge in [-0.15, -0.1) is 0 Å². The second-order valence-corrected chi connectivity index (χ2v) is 9.10. The zero-order valence-electron chi connectivity index (χ0n) is 21.2. The van der Waals surface area contributed by atoms with Crippen molar-refractivity contribution in [2.24, 2.45) is 0 Å². The molecule has 0 bridgehead atoms. The Bertz CT molecular complexity index is 1140. The maximum absolute atomic E-state index is 15.3. The highest BCUT2D eigenvalue weighted by molar-refractivity contribution is 5.90. The number of unbranched alkanes of at least 4 members (excludes halogenated alkanes) is 7. The fourth-order valence-electron chi connectivity index (χ4n) is 4.15. The van der Waals surface area contributed by atoms with Crippen LogP contribution in [-0.4, -0.2) is 12.6 Å². The van der Waals surface area contributed by atoms with Gasteiger partial charge in [0.15, 0.2) is 11.6 Å². The number of esters is 1. The summed E-state index contributed by atoms with van der Waals surface area (Å²) in [6.07, 6.45) is 9.10. The molecule has 0 N–H and O–H groups in total. The van der Waals surface area contributed by atoms with Gasteiger partial charge < -0.3 is 9.47 Å². The molecule has 6 heteroatoms. The summed E-state index contributed by atoms with van der Waals surface area (Å²) in [5.74, 6) is -3.73. The molecule has 0 spiro atoms. The van der Waals surface area contributed by atoms with Gasteiger partial charge in [0.2, 0.25) is 5.75 Å². The van der Waals surface area contributed by atoms with E-state index in [2.05, 4.69) is 13.8 Å². The van der Waals surface area contributed by atoms with Gasteiger partial charge in [0.25, 0.3) is 0 Å². The molecule has 3 rings (SSSR count). The van der Waals surface area contributed by atoms with Crippen LogP contribution in [0.1, 0.15) is 78.1 Å². The van der Waals surface area contributed by atoms with Crippen LogP contribution < -0.4 is 9.47 Å². The molecule has 0 saturated carbocycles. The van der Waals surface area contributed by atoms with Crippen LogP contribution in [0.4, 0.5) is 13.2 Å². The summed E-state index contributed by atoms with van der Waals surface area (Å²) >= 11 is 0. The largest absolute Gasteiger partial charge is 0.494 e. The molecule has 0 aromatic heterocycles. The van der Waals surface area contributed by atoms with E-state index in [4.69, 9.17) is 9.47 Å². The number of carbonyl (C=O) groups is 1. The van der Waals surface area contributed by atoms with E-state index in [-0.39, 0.29) is 22.8 Å². The fourth-order valence-corrected chi connectivity index (χ4v) is 4.15. The van der Waals surface area contributed by atoms with Gasteiger partial charge in [0.1, 0.15) is 11.6 Å². The Labute approximate surface area is 211 Å². The Hall–Kier alpha value is -3.02. The lowest BCUT2D eigenvalue weighted by Gasteiger charge is -2.12. The van der Waals surface area contributed by atoms with Crippen molar-refractivity contribution in [1.82, 2.24) is 0 Å². The first kappa shape index (κ1) is 27.6. The van der Waals surface area contributed by atoms with Crippen LogP contribution in [0.5, 0.6) is 11.5 Å². The van der Waals surface area contributed by atoms with Crippen molar-refractivity contribution in [1.29, 1.82) is 0 Å². The van der Waals surface area contributed by atoms with E-state index in [9.17, 15) is 9.18 Å². The number of benzene rings is 3. The second kappa shape index (κ2) is 13.9. The van der Waals surface area contributed by atoms with E-state index in [1.165, 1.54) is 18.6 Å². The first-order chi connectivity index (χ1) is 17.5. The fraction of sp³-hybridized carbons (Fsp3) is 0.433. The van der Waals surface area contributed by atoms with E-state index >= 15 is 8.78 Å². The van der Waals surface area contributed by atoms with Crippen LogP contribution in [0, 0.1) is 17.5 Å². The number of halogens is 3. The van der Waals surface area contributed by atoms with Crippen molar-refractivity contribution in [3.8, 4) is 22.6 Å². The molecule has 0 unspecified atom stereocenters. The number of rotatable bonds is 14. The molecule has 0 heterocycles. The highest BCUT2D eigenvalue weighted by atomic mass is 19.1. The van der Waals surface area contributed by atoms with Crippen LogP contribution >= 0.6 is 0 Å². The molecule has 36 heavy (non-hydrogen) atoms. The highest BCUT2D eigenvalue weighted by Gasteiger charge is 2.21. The molecule has 0 aliphatic heterocycles. The minimum Gasteiger partial charge on any atom is -0.494 e. The van der Waals surface area contributed by atoms with Gasteiger partial charge in [-0.05, 0) is 36.6 Å². The smallest absolute Gasteiger partial charge is 0.311 e. The number of ether oxygens (including phenoxy) is 2. The Balaban J connectivity index is 1.73. The number of hydrogen-bond donors (Lipinski definition) is 0. The summed E-state index contributed by atoms with van der Waals surface area (Å²) in [4.78, 5) is 12.1. The molecule has 0 aliphatic carbocycles. The molecule has 194 valence electrons. The predicted octanol–water partition coefficient (Wildman–Crippen LogP) is 9.15. The number of carbonyl (C=O) groups excluding carboxylic acids is 1. The summed E-state index contributed by atoms with van der Waals surface area (Å²) in [5, 5.41) is -0.353. The third-order valence-corrected chi connectivity index (χ3v) is 6.24. The molecule has 0 amide bonds. The quantitative estimate of drug-likeness (QED) is 0.126. The predicted molar refractivity (Wildman–Crippen MR) is 138 cm³/mol. The van der Waals surface area contributed by atoms with Crippen LogP contribution in [0.15, 0.2) is 42.5 Å². The lowest BCUT2D eigenvalue weighted by molar-refractivity contribution is -0.134. The minimum atomic E-state index is -1.11. The van der Waals surface area contributed by atoms with Gasteiger partial charge in [-0.2, -0.15) is 0 Å². The monoisotopic (exact) mass is 500 g/mol. The van der Waals surface area contributed by atoms with Crippen LogP contribution in [0.25, 0.3) is 21.9 Å². The van der Waals surface area contributed by atoms with E-state index in [1.807, 2.05) is 0 Å². The molecular formula is C30H35F3O3. The summed E-state index contributed by atoms with van der Waals surface area (Å²) in [5.41, 5.74) is 0.778. The lowest BCUT2D eigenvalue weighted by Crippen LogP contribution is -2.10. The number of hydrogen-bond acceptors (Lipinski definition) is 3. The molecule has 0 fully saturated rings. The van der Waals surface area contributed by atoms with Crippen molar-refractivity contribution in [2.45, 2.75) is 78.1 Å². The molecule has 0 atom stereocenters. The molecule has 3 aromatic carbocycles.